The van der Waals surface area contributed by atoms with E-state index in [1.54, 1.807) is 24.4 Å². The molecule has 0 unspecified atom stereocenters. The Morgan fingerprint density at radius 1 is 1.28 bits per heavy atom. The molecule has 0 amide bonds. The Hall–Kier alpha value is -3.37. The molecule has 2 N–H and O–H groups in total. The summed E-state index contributed by atoms with van der Waals surface area (Å²) in [5, 5.41) is 14.5. The van der Waals surface area contributed by atoms with Crippen molar-refractivity contribution >= 4 is 22.7 Å². The standard InChI is InChI=1S/C19H20N6O4/c26-18-16-15(13-2-1-3-14(12-13)25(27)28)4-5-20-17(16)22-19(23-18)21-6-7-24-8-10-29-11-9-24/h1-5,12H,6-11H2,(H2,20,21,22,23,26). The SMILES string of the molecule is O=c1[nH]c(NCCN2CCOCC2)nc2nccc(-c3cccc([N+](=O)[O-])c3)c12. The van der Waals surface area contributed by atoms with Crippen molar-refractivity contribution in [1.29, 1.82) is 0 Å². The predicted octanol–water partition coefficient (Wildman–Crippen LogP) is 1.64. The molecule has 150 valence electrons. The minimum Gasteiger partial charge on any atom is -0.379 e. The third-order valence-electron chi connectivity index (χ3n) is 4.80. The Morgan fingerprint density at radius 3 is 2.90 bits per heavy atom. The number of nitrogens with zero attached hydrogens (tertiary/aromatic N) is 4. The van der Waals surface area contributed by atoms with Gasteiger partial charge >= 0.3 is 0 Å². The molecule has 2 aromatic heterocycles. The normalized spacial score (nSPS) is 14.8. The van der Waals surface area contributed by atoms with Gasteiger partial charge in [-0.1, -0.05) is 12.1 Å². The van der Waals surface area contributed by atoms with Crippen molar-refractivity contribution in [3.63, 3.8) is 0 Å². The van der Waals surface area contributed by atoms with E-state index in [1.807, 2.05) is 0 Å². The summed E-state index contributed by atoms with van der Waals surface area (Å²) >= 11 is 0. The molecule has 10 nitrogen and oxygen atoms in total. The van der Waals surface area contributed by atoms with Crippen molar-refractivity contribution in [3.05, 3.63) is 57.0 Å². The molecule has 0 saturated carbocycles. The molecule has 29 heavy (non-hydrogen) atoms. The summed E-state index contributed by atoms with van der Waals surface area (Å²) in [5.41, 5.74) is 1.00. The topological polar surface area (TPSA) is 126 Å². The minimum absolute atomic E-state index is 0.0433. The number of ether oxygens (including phenoxy) is 1. The number of H-pyrrole nitrogens is 1. The number of nitrogens with one attached hydrogen (secondary N) is 2. The molecular formula is C19H20N6O4. The Balaban J connectivity index is 1.60. The highest BCUT2D eigenvalue weighted by Gasteiger charge is 2.14. The maximum absolute atomic E-state index is 12.7. The lowest BCUT2D eigenvalue weighted by atomic mass is 10.0. The molecule has 1 aliphatic heterocycles. The predicted molar refractivity (Wildman–Crippen MR) is 108 cm³/mol. The number of aromatic nitrogens is 3. The van der Waals surface area contributed by atoms with E-state index >= 15 is 0 Å². The third kappa shape index (κ3) is 4.23. The van der Waals surface area contributed by atoms with Crippen molar-refractivity contribution in [2.75, 3.05) is 44.7 Å². The Bertz CT molecular complexity index is 1090. The number of aromatic amines is 1. The molecular weight excluding hydrogens is 376 g/mol. The van der Waals surface area contributed by atoms with Gasteiger partial charge in [-0.05, 0) is 11.6 Å². The first-order valence-corrected chi connectivity index (χ1v) is 9.29. The highest BCUT2D eigenvalue weighted by molar-refractivity contribution is 5.92. The van der Waals surface area contributed by atoms with E-state index in [-0.39, 0.29) is 16.9 Å². The molecule has 10 heteroatoms. The van der Waals surface area contributed by atoms with Crippen LogP contribution in [0.4, 0.5) is 11.6 Å². The lowest BCUT2D eigenvalue weighted by molar-refractivity contribution is -0.384. The van der Waals surface area contributed by atoms with Gasteiger partial charge in [0.25, 0.3) is 11.2 Å². The van der Waals surface area contributed by atoms with Gasteiger partial charge in [0.15, 0.2) is 5.65 Å². The van der Waals surface area contributed by atoms with Crippen LogP contribution in [-0.4, -0.2) is 64.2 Å². The van der Waals surface area contributed by atoms with Crippen LogP contribution in [-0.2, 0) is 4.74 Å². The number of non-ortho nitro benzene ring substituents is 1. The summed E-state index contributed by atoms with van der Waals surface area (Å²) in [4.78, 5) is 37.0. The molecule has 3 heterocycles. The van der Waals surface area contributed by atoms with E-state index in [2.05, 4.69) is 25.2 Å². The molecule has 1 saturated heterocycles. The maximum atomic E-state index is 12.7. The lowest BCUT2D eigenvalue weighted by Crippen LogP contribution is -2.39. The van der Waals surface area contributed by atoms with Crippen molar-refractivity contribution < 1.29 is 9.66 Å². The van der Waals surface area contributed by atoms with Gasteiger partial charge < -0.3 is 10.1 Å². The zero-order valence-corrected chi connectivity index (χ0v) is 15.6. The van der Waals surface area contributed by atoms with Crippen LogP contribution in [0.15, 0.2) is 41.3 Å². The van der Waals surface area contributed by atoms with Crippen LogP contribution < -0.4 is 10.9 Å². The van der Waals surface area contributed by atoms with Crippen molar-refractivity contribution in [2.24, 2.45) is 0 Å². The Labute approximate surface area is 165 Å². The largest absolute Gasteiger partial charge is 0.379 e. The highest BCUT2D eigenvalue weighted by atomic mass is 16.6. The highest BCUT2D eigenvalue weighted by Crippen LogP contribution is 2.27. The van der Waals surface area contributed by atoms with Crippen molar-refractivity contribution in [2.45, 2.75) is 0 Å². The molecule has 0 radical (unpaired) electrons. The van der Waals surface area contributed by atoms with Gasteiger partial charge in [-0.25, -0.2) is 4.98 Å². The molecule has 1 aromatic carbocycles. The molecule has 0 bridgehead atoms. The fourth-order valence-electron chi connectivity index (χ4n) is 3.33. The fourth-order valence-corrected chi connectivity index (χ4v) is 3.33. The second-order valence-electron chi connectivity index (χ2n) is 6.66. The van der Waals surface area contributed by atoms with Gasteiger partial charge in [-0.2, -0.15) is 4.98 Å². The third-order valence-corrected chi connectivity index (χ3v) is 4.80. The number of nitro benzene ring substituents is 1. The summed E-state index contributed by atoms with van der Waals surface area (Å²) in [5.74, 6) is 0.347. The molecule has 0 atom stereocenters. The van der Waals surface area contributed by atoms with Crippen LogP contribution in [0.25, 0.3) is 22.2 Å². The van der Waals surface area contributed by atoms with Gasteiger partial charge in [-0.15, -0.1) is 0 Å². The molecule has 0 spiro atoms. The smallest absolute Gasteiger partial charge is 0.270 e. The van der Waals surface area contributed by atoms with Gasteiger partial charge in [0.2, 0.25) is 5.95 Å². The van der Waals surface area contributed by atoms with Gasteiger partial charge in [-0.3, -0.25) is 24.8 Å². The van der Waals surface area contributed by atoms with E-state index in [0.717, 1.165) is 32.8 Å². The van der Waals surface area contributed by atoms with Crippen LogP contribution in [0.5, 0.6) is 0 Å². The van der Waals surface area contributed by atoms with Crippen LogP contribution in [0, 0.1) is 10.1 Å². The number of hydrogen-bond acceptors (Lipinski definition) is 8. The van der Waals surface area contributed by atoms with Gasteiger partial charge in [0.05, 0.1) is 23.5 Å². The van der Waals surface area contributed by atoms with E-state index in [9.17, 15) is 14.9 Å². The summed E-state index contributed by atoms with van der Waals surface area (Å²) in [6.45, 7) is 4.67. The lowest BCUT2D eigenvalue weighted by Gasteiger charge is -2.26. The summed E-state index contributed by atoms with van der Waals surface area (Å²) in [7, 11) is 0. The van der Waals surface area contributed by atoms with Crippen molar-refractivity contribution in [3.8, 4) is 11.1 Å². The number of nitro groups is 1. The van der Waals surface area contributed by atoms with E-state index < -0.39 is 4.92 Å². The number of hydrogen-bond donors (Lipinski definition) is 2. The Morgan fingerprint density at radius 2 is 2.10 bits per heavy atom. The van der Waals surface area contributed by atoms with E-state index in [0.29, 0.717) is 29.0 Å². The molecule has 1 aliphatic rings. The summed E-state index contributed by atoms with van der Waals surface area (Å²) < 4.78 is 5.33. The number of fused-ring (bicyclic) bond motifs is 1. The Kier molecular flexibility index (Phi) is 5.45. The average molecular weight is 396 g/mol. The van der Waals surface area contributed by atoms with Crippen LogP contribution in [0.3, 0.4) is 0 Å². The maximum Gasteiger partial charge on any atom is 0.270 e. The van der Waals surface area contributed by atoms with Crippen LogP contribution >= 0.6 is 0 Å². The van der Waals surface area contributed by atoms with Crippen molar-refractivity contribution in [1.82, 2.24) is 19.9 Å². The second kappa shape index (κ2) is 8.33. The second-order valence-corrected chi connectivity index (χ2v) is 6.66. The zero-order valence-electron chi connectivity index (χ0n) is 15.6. The first-order chi connectivity index (χ1) is 14.1. The average Bonchev–Trinajstić information content (AvgIpc) is 2.74. The monoisotopic (exact) mass is 396 g/mol. The number of benzene rings is 1. The van der Waals surface area contributed by atoms with Gasteiger partial charge in [0, 0.05) is 50.1 Å². The fraction of sp³-hybridized carbons (Fsp3) is 0.316. The molecule has 1 fully saturated rings. The van der Waals surface area contributed by atoms with E-state index in [1.165, 1.54) is 12.1 Å². The van der Waals surface area contributed by atoms with Crippen LogP contribution in [0.1, 0.15) is 0 Å². The number of pyridine rings is 1. The minimum atomic E-state index is -0.466. The molecule has 3 aromatic rings. The number of anilines is 1. The summed E-state index contributed by atoms with van der Waals surface area (Å²) in [6.07, 6.45) is 1.54. The quantitative estimate of drug-likeness (QED) is 0.476. The number of rotatable bonds is 6. The van der Waals surface area contributed by atoms with Crippen LogP contribution in [0.2, 0.25) is 0 Å². The number of morpholine rings is 1. The van der Waals surface area contributed by atoms with E-state index in [4.69, 9.17) is 4.74 Å². The van der Waals surface area contributed by atoms with Gasteiger partial charge in [0.1, 0.15) is 0 Å². The zero-order chi connectivity index (χ0) is 20.2. The molecule has 4 rings (SSSR count). The molecule has 0 aliphatic carbocycles. The first kappa shape index (κ1) is 19.0. The summed E-state index contributed by atoms with van der Waals surface area (Å²) in [6, 6.07) is 7.80. The first-order valence-electron chi connectivity index (χ1n) is 9.29.